The van der Waals surface area contributed by atoms with E-state index in [0.29, 0.717) is 11.1 Å². The van der Waals surface area contributed by atoms with Crippen molar-refractivity contribution in [2.24, 2.45) is 0 Å². The van der Waals surface area contributed by atoms with E-state index >= 15 is 0 Å². The Bertz CT molecular complexity index is 1350. The molecule has 0 unspecified atom stereocenters. The van der Waals surface area contributed by atoms with Crippen molar-refractivity contribution in [3.8, 4) is 0 Å². The summed E-state index contributed by atoms with van der Waals surface area (Å²) in [4.78, 5) is 15.8. The van der Waals surface area contributed by atoms with Crippen molar-refractivity contribution >= 4 is 30.7 Å². The van der Waals surface area contributed by atoms with E-state index in [1.165, 1.54) is 23.3 Å². The first-order valence-electron chi connectivity index (χ1n) is 15.2. The molecule has 1 aliphatic rings. The maximum atomic E-state index is 14.0. The van der Waals surface area contributed by atoms with Gasteiger partial charge in [0.1, 0.15) is 11.6 Å². The van der Waals surface area contributed by atoms with E-state index in [-0.39, 0.29) is 49.2 Å². The number of amides is 1. The van der Waals surface area contributed by atoms with Crippen LogP contribution in [0.25, 0.3) is 0 Å². The molecule has 0 aliphatic heterocycles. The molecule has 3 aromatic rings. The maximum absolute atomic E-state index is 14.0. The van der Waals surface area contributed by atoms with Crippen LogP contribution in [0.2, 0.25) is 0 Å². The number of rotatable bonds is 15. The van der Waals surface area contributed by atoms with Gasteiger partial charge in [0.05, 0.1) is 12.1 Å². The number of aliphatic hydroxyl groups is 1. The SMILES string of the molecule is CCCCN(C)Cc1cc(C)cc(C(=O)N[C@@H](Cc2cc(F)cc(F)c2)[C@H](O)CNC2(c3cccc(CC)c3)CC2)c1.Cl.Cl. The molecule has 1 aliphatic carbocycles. The van der Waals surface area contributed by atoms with Gasteiger partial charge >= 0.3 is 0 Å². The van der Waals surface area contributed by atoms with Crippen LogP contribution in [0.5, 0.6) is 0 Å². The summed E-state index contributed by atoms with van der Waals surface area (Å²) in [6, 6.07) is 16.8. The normalized spacial score (nSPS) is 14.7. The van der Waals surface area contributed by atoms with Crippen molar-refractivity contribution in [3.63, 3.8) is 0 Å². The Balaban J connectivity index is 0.00000337. The molecular weight excluding hydrogens is 603 g/mol. The third-order valence-corrected chi connectivity index (χ3v) is 8.19. The predicted octanol–water partition coefficient (Wildman–Crippen LogP) is 6.89. The van der Waals surface area contributed by atoms with E-state index in [9.17, 15) is 18.7 Å². The number of hydrogen-bond donors (Lipinski definition) is 3. The highest BCUT2D eigenvalue weighted by molar-refractivity contribution is 5.94. The summed E-state index contributed by atoms with van der Waals surface area (Å²) in [5.74, 6) is -1.70. The number of carbonyl (C=O) groups is 1. The first-order chi connectivity index (χ1) is 20.1. The zero-order valence-electron chi connectivity index (χ0n) is 26.2. The lowest BCUT2D eigenvalue weighted by Crippen LogP contribution is -2.50. The highest BCUT2D eigenvalue weighted by atomic mass is 35.5. The number of aliphatic hydroxyl groups excluding tert-OH is 1. The van der Waals surface area contributed by atoms with Gasteiger partial charge in [-0.2, -0.15) is 0 Å². The van der Waals surface area contributed by atoms with Gasteiger partial charge in [0, 0.05) is 30.3 Å². The molecule has 5 nitrogen and oxygen atoms in total. The number of carbonyl (C=O) groups excluding carboxylic acids is 1. The summed E-state index contributed by atoms with van der Waals surface area (Å²) in [6.45, 7) is 8.17. The van der Waals surface area contributed by atoms with E-state index in [1.807, 2.05) is 19.1 Å². The van der Waals surface area contributed by atoms with E-state index in [1.54, 1.807) is 0 Å². The number of nitrogens with zero attached hydrogens (tertiary/aromatic N) is 1. The molecule has 242 valence electrons. The maximum Gasteiger partial charge on any atom is 0.251 e. The molecule has 0 radical (unpaired) electrons. The van der Waals surface area contributed by atoms with Crippen LogP contribution in [0.15, 0.2) is 60.7 Å². The lowest BCUT2D eigenvalue weighted by Gasteiger charge is -2.28. The predicted molar refractivity (Wildman–Crippen MR) is 179 cm³/mol. The van der Waals surface area contributed by atoms with Crippen molar-refractivity contribution in [1.82, 2.24) is 15.5 Å². The molecule has 0 aromatic heterocycles. The standard InChI is InChI=1S/C35H45F2N3O2.2ClH/c1-5-7-13-40(4)23-27-14-24(3)15-28(16-27)34(42)39-32(20-26-18-30(36)21-31(37)19-26)33(41)22-38-35(11-12-35)29-10-8-9-25(6-2)17-29;;/h8-10,14-19,21,32-33,38,41H,5-7,11-13,20,22-23H2,1-4H3,(H,39,42);2*1H/t32-,33+;;/m0../s1. The molecule has 4 rings (SSSR count). The molecule has 3 aromatic carbocycles. The molecule has 2 atom stereocenters. The van der Waals surface area contributed by atoms with Crippen molar-refractivity contribution in [3.05, 3.63) is 106 Å². The molecule has 1 fully saturated rings. The molecular formula is C35H47Cl2F2N3O2. The second kappa shape index (κ2) is 17.2. The average Bonchev–Trinajstić information content (AvgIpc) is 3.75. The number of benzene rings is 3. The fraction of sp³-hybridized carbons (Fsp3) is 0.457. The van der Waals surface area contributed by atoms with Crippen LogP contribution in [0, 0.1) is 18.6 Å². The van der Waals surface area contributed by atoms with Crippen molar-refractivity contribution < 1.29 is 18.7 Å². The third-order valence-electron chi connectivity index (χ3n) is 8.19. The van der Waals surface area contributed by atoms with Gasteiger partial charge in [0.2, 0.25) is 0 Å². The van der Waals surface area contributed by atoms with Crippen molar-refractivity contribution in [1.29, 1.82) is 0 Å². The number of nitrogens with one attached hydrogen (secondary N) is 2. The lowest BCUT2D eigenvalue weighted by atomic mass is 9.97. The zero-order chi connectivity index (χ0) is 30.3. The van der Waals surface area contributed by atoms with E-state index in [0.717, 1.165) is 62.4 Å². The largest absolute Gasteiger partial charge is 0.390 e. The molecule has 3 N–H and O–H groups in total. The van der Waals surface area contributed by atoms with Crippen LogP contribution in [-0.4, -0.2) is 48.2 Å². The van der Waals surface area contributed by atoms with Gasteiger partial charge in [0.25, 0.3) is 5.91 Å². The molecule has 9 heteroatoms. The van der Waals surface area contributed by atoms with E-state index < -0.39 is 23.8 Å². The third kappa shape index (κ3) is 10.5. The number of aryl methyl sites for hydroxylation is 2. The van der Waals surface area contributed by atoms with Gasteiger partial charge in [-0.25, -0.2) is 8.78 Å². The first-order valence-corrected chi connectivity index (χ1v) is 15.2. The average molecular weight is 651 g/mol. The quantitative estimate of drug-likeness (QED) is 0.168. The molecule has 0 saturated heterocycles. The summed E-state index contributed by atoms with van der Waals surface area (Å²) in [6.07, 6.45) is 4.17. The Labute approximate surface area is 273 Å². The van der Waals surface area contributed by atoms with Crippen LogP contribution in [0.4, 0.5) is 8.78 Å². The molecule has 0 spiro atoms. The Morgan fingerprint density at radius 2 is 1.68 bits per heavy atom. The first kappa shape index (κ1) is 37.6. The number of unbranched alkanes of at least 4 members (excludes halogenated alkanes) is 1. The number of halogens is 4. The lowest BCUT2D eigenvalue weighted by molar-refractivity contribution is 0.0821. The van der Waals surface area contributed by atoms with Crippen LogP contribution in [-0.2, 0) is 24.9 Å². The fourth-order valence-corrected chi connectivity index (χ4v) is 5.64. The second-order valence-corrected chi connectivity index (χ2v) is 11.9. The Morgan fingerprint density at radius 3 is 2.32 bits per heavy atom. The molecule has 0 heterocycles. The van der Waals surface area contributed by atoms with Crippen LogP contribution >= 0.6 is 24.8 Å². The highest BCUT2D eigenvalue weighted by Gasteiger charge is 2.44. The van der Waals surface area contributed by atoms with Crippen LogP contribution in [0.1, 0.15) is 77.7 Å². The molecule has 0 bridgehead atoms. The zero-order valence-corrected chi connectivity index (χ0v) is 27.8. The minimum atomic E-state index is -0.989. The Kier molecular flexibility index (Phi) is 14.7. The summed E-state index contributed by atoms with van der Waals surface area (Å²) in [5.41, 5.74) is 5.12. The van der Waals surface area contributed by atoms with Gasteiger partial charge in [-0.15, -0.1) is 24.8 Å². The molecule has 1 amide bonds. The van der Waals surface area contributed by atoms with Crippen LogP contribution < -0.4 is 10.6 Å². The van der Waals surface area contributed by atoms with Gasteiger partial charge in [-0.05, 0) is 99.1 Å². The smallest absolute Gasteiger partial charge is 0.251 e. The van der Waals surface area contributed by atoms with Gasteiger partial charge in [-0.1, -0.05) is 56.2 Å². The second-order valence-electron chi connectivity index (χ2n) is 11.9. The van der Waals surface area contributed by atoms with Gasteiger partial charge in [-0.3, -0.25) is 4.79 Å². The summed E-state index contributed by atoms with van der Waals surface area (Å²) in [7, 11) is 2.07. The van der Waals surface area contributed by atoms with Crippen LogP contribution in [0.3, 0.4) is 0 Å². The van der Waals surface area contributed by atoms with Crippen molar-refractivity contribution in [2.75, 3.05) is 20.1 Å². The summed E-state index contributed by atoms with van der Waals surface area (Å²) < 4.78 is 28.1. The van der Waals surface area contributed by atoms with Gasteiger partial charge < -0.3 is 20.6 Å². The summed E-state index contributed by atoms with van der Waals surface area (Å²) in [5, 5.41) is 17.9. The molecule has 1 saturated carbocycles. The highest BCUT2D eigenvalue weighted by Crippen LogP contribution is 2.45. The van der Waals surface area contributed by atoms with Crippen molar-refractivity contribution in [2.45, 2.75) is 83.5 Å². The minimum Gasteiger partial charge on any atom is -0.390 e. The number of hydrogen-bond acceptors (Lipinski definition) is 4. The van der Waals surface area contributed by atoms with Gasteiger partial charge in [0.15, 0.2) is 0 Å². The van der Waals surface area contributed by atoms with E-state index in [2.05, 4.69) is 66.8 Å². The Hall–Kier alpha value is -2.55. The minimum absolute atomic E-state index is 0. The van der Waals surface area contributed by atoms with E-state index in [4.69, 9.17) is 0 Å². The molecule has 44 heavy (non-hydrogen) atoms. The topological polar surface area (TPSA) is 64.6 Å². The fourth-order valence-electron chi connectivity index (χ4n) is 5.64. The summed E-state index contributed by atoms with van der Waals surface area (Å²) >= 11 is 0. The Morgan fingerprint density at radius 1 is 0.977 bits per heavy atom. The monoisotopic (exact) mass is 649 g/mol.